The average molecular weight is 262 g/mol. The highest BCUT2D eigenvalue weighted by Crippen LogP contribution is 2.16. The van der Waals surface area contributed by atoms with Gasteiger partial charge < -0.3 is 15.4 Å². The molecule has 1 amide bonds. The summed E-state index contributed by atoms with van der Waals surface area (Å²) < 4.78 is 5.43. The molecule has 0 fully saturated rings. The van der Waals surface area contributed by atoms with Crippen LogP contribution < -0.4 is 15.4 Å². The van der Waals surface area contributed by atoms with Crippen molar-refractivity contribution >= 4 is 11.6 Å². The topological polar surface area (TPSA) is 50.4 Å². The lowest BCUT2D eigenvalue weighted by Gasteiger charge is -2.13. The molecule has 4 nitrogen and oxygen atoms in total. The Morgan fingerprint density at radius 1 is 1.53 bits per heavy atom. The fourth-order valence-electron chi connectivity index (χ4n) is 1.46. The van der Waals surface area contributed by atoms with Gasteiger partial charge in [0.1, 0.15) is 12.4 Å². The number of benzene rings is 1. The minimum absolute atomic E-state index is 0.00763. The molecule has 2 N–H and O–H groups in total. The molecule has 0 bridgehead atoms. The zero-order chi connectivity index (χ0) is 14.1. The maximum Gasteiger partial charge on any atom is 0.239 e. The van der Waals surface area contributed by atoms with Crippen molar-refractivity contribution in [2.45, 2.75) is 26.3 Å². The molecule has 0 aliphatic heterocycles. The molecule has 104 valence electrons. The van der Waals surface area contributed by atoms with E-state index in [9.17, 15) is 4.79 Å². The first-order valence-electron chi connectivity index (χ1n) is 6.52. The molecule has 0 saturated heterocycles. The van der Waals surface area contributed by atoms with Crippen molar-refractivity contribution in [3.05, 3.63) is 36.9 Å². The van der Waals surface area contributed by atoms with Crippen molar-refractivity contribution in [3.63, 3.8) is 0 Å². The number of hydrogen-bond donors (Lipinski definition) is 2. The summed E-state index contributed by atoms with van der Waals surface area (Å²) in [6.45, 7) is 8.36. The van der Waals surface area contributed by atoms with E-state index in [1.807, 2.05) is 38.1 Å². The van der Waals surface area contributed by atoms with Gasteiger partial charge in [-0.25, -0.2) is 0 Å². The van der Waals surface area contributed by atoms with E-state index in [1.165, 1.54) is 0 Å². The van der Waals surface area contributed by atoms with Gasteiger partial charge in [-0.15, -0.1) is 0 Å². The molecule has 1 rings (SSSR count). The van der Waals surface area contributed by atoms with Crippen molar-refractivity contribution in [2.75, 3.05) is 18.5 Å². The van der Waals surface area contributed by atoms with Gasteiger partial charge in [0.25, 0.3) is 0 Å². The molecule has 1 aromatic carbocycles. The van der Waals surface area contributed by atoms with E-state index in [0.717, 1.165) is 17.9 Å². The Hall–Kier alpha value is -1.97. The van der Waals surface area contributed by atoms with Crippen molar-refractivity contribution < 1.29 is 9.53 Å². The number of amides is 1. The monoisotopic (exact) mass is 262 g/mol. The van der Waals surface area contributed by atoms with Gasteiger partial charge in [0.15, 0.2) is 0 Å². The molecular weight excluding hydrogens is 240 g/mol. The number of hydrogen-bond acceptors (Lipinski definition) is 3. The second-order valence-electron chi connectivity index (χ2n) is 4.36. The zero-order valence-electron chi connectivity index (χ0n) is 11.6. The minimum Gasteiger partial charge on any atom is -0.489 e. The van der Waals surface area contributed by atoms with Gasteiger partial charge in [0.2, 0.25) is 5.91 Å². The first-order chi connectivity index (χ1) is 9.15. The molecule has 1 aromatic rings. The van der Waals surface area contributed by atoms with E-state index >= 15 is 0 Å². The largest absolute Gasteiger partial charge is 0.489 e. The summed E-state index contributed by atoms with van der Waals surface area (Å²) in [5.41, 5.74) is 0.862. The van der Waals surface area contributed by atoms with E-state index < -0.39 is 0 Å². The molecule has 4 heteroatoms. The van der Waals surface area contributed by atoms with E-state index in [4.69, 9.17) is 4.74 Å². The van der Waals surface area contributed by atoms with Crippen LogP contribution in [0.5, 0.6) is 5.75 Å². The third-order valence-corrected chi connectivity index (χ3v) is 2.67. The number of nitrogens with one attached hydrogen (secondary N) is 2. The second-order valence-corrected chi connectivity index (χ2v) is 4.36. The lowest BCUT2D eigenvalue weighted by Crippen LogP contribution is -2.36. The zero-order valence-corrected chi connectivity index (χ0v) is 11.6. The van der Waals surface area contributed by atoms with Crippen LogP contribution in [0, 0.1) is 0 Å². The highest BCUT2D eigenvalue weighted by molar-refractivity contribution is 5.81. The summed E-state index contributed by atoms with van der Waals surface area (Å²) in [7, 11) is 0. The number of carbonyl (C=O) groups excluding carboxylic acids is 1. The summed E-state index contributed by atoms with van der Waals surface area (Å²) >= 11 is 0. The molecule has 0 aliphatic carbocycles. The van der Waals surface area contributed by atoms with Crippen molar-refractivity contribution in [2.24, 2.45) is 0 Å². The van der Waals surface area contributed by atoms with Crippen molar-refractivity contribution in [1.29, 1.82) is 0 Å². The van der Waals surface area contributed by atoms with Gasteiger partial charge in [-0.1, -0.05) is 25.6 Å². The molecule has 1 unspecified atom stereocenters. The maximum atomic E-state index is 11.6. The van der Waals surface area contributed by atoms with Crippen LogP contribution in [0.1, 0.15) is 20.3 Å². The Bertz CT molecular complexity index is 418. The predicted molar refractivity (Wildman–Crippen MR) is 78.5 cm³/mol. The van der Waals surface area contributed by atoms with E-state index in [0.29, 0.717) is 6.61 Å². The Labute approximate surface area is 114 Å². The van der Waals surface area contributed by atoms with Crippen LogP contribution in [-0.2, 0) is 4.79 Å². The Balaban J connectivity index is 2.44. The molecule has 0 aromatic heterocycles. The molecule has 19 heavy (non-hydrogen) atoms. The van der Waals surface area contributed by atoms with Crippen LogP contribution in [-0.4, -0.2) is 25.1 Å². The van der Waals surface area contributed by atoms with Crippen LogP contribution in [0.3, 0.4) is 0 Å². The lowest BCUT2D eigenvalue weighted by molar-refractivity contribution is -0.120. The Morgan fingerprint density at radius 2 is 2.32 bits per heavy atom. The molecule has 0 spiro atoms. The van der Waals surface area contributed by atoms with Crippen LogP contribution in [0.2, 0.25) is 0 Å². The Morgan fingerprint density at radius 3 is 3.00 bits per heavy atom. The number of carbonyl (C=O) groups is 1. The van der Waals surface area contributed by atoms with Gasteiger partial charge in [-0.05, 0) is 25.5 Å². The third-order valence-electron chi connectivity index (χ3n) is 2.67. The number of anilines is 1. The van der Waals surface area contributed by atoms with Gasteiger partial charge in [-0.3, -0.25) is 4.79 Å². The van der Waals surface area contributed by atoms with E-state index in [2.05, 4.69) is 17.2 Å². The first-order valence-corrected chi connectivity index (χ1v) is 6.52. The van der Waals surface area contributed by atoms with E-state index in [1.54, 1.807) is 6.08 Å². The molecule has 1 atom stereocenters. The smallest absolute Gasteiger partial charge is 0.239 e. The maximum absolute atomic E-state index is 11.6. The fraction of sp³-hybridized carbons (Fsp3) is 0.400. The summed E-state index contributed by atoms with van der Waals surface area (Å²) in [5.74, 6) is 0.749. The highest BCUT2D eigenvalue weighted by atomic mass is 16.5. The predicted octanol–water partition coefficient (Wildman–Crippen LogP) is 2.58. The fourth-order valence-corrected chi connectivity index (χ4v) is 1.46. The minimum atomic E-state index is -0.00763. The molecule has 0 heterocycles. The van der Waals surface area contributed by atoms with Crippen LogP contribution >= 0.6 is 0 Å². The summed E-state index contributed by atoms with van der Waals surface area (Å²) in [6, 6.07) is 7.72. The summed E-state index contributed by atoms with van der Waals surface area (Å²) in [4.78, 5) is 11.6. The summed E-state index contributed by atoms with van der Waals surface area (Å²) in [5, 5.41) is 5.98. The normalized spacial score (nSPS) is 11.5. The molecule has 0 aliphatic rings. The third kappa shape index (κ3) is 5.95. The van der Waals surface area contributed by atoms with Gasteiger partial charge in [0, 0.05) is 17.8 Å². The first kappa shape index (κ1) is 15.1. The molecule has 0 saturated carbocycles. The lowest BCUT2D eigenvalue weighted by atomic mass is 10.2. The Kier molecular flexibility index (Phi) is 6.50. The SMILES string of the molecule is C=CCOc1cccc(NCC(=O)NC(C)CC)c1. The average Bonchev–Trinajstić information content (AvgIpc) is 2.43. The van der Waals surface area contributed by atoms with E-state index in [-0.39, 0.29) is 18.5 Å². The van der Waals surface area contributed by atoms with Crippen molar-refractivity contribution in [3.8, 4) is 5.75 Å². The van der Waals surface area contributed by atoms with Crippen LogP contribution in [0.25, 0.3) is 0 Å². The summed E-state index contributed by atoms with van der Waals surface area (Å²) in [6.07, 6.45) is 2.62. The van der Waals surface area contributed by atoms with Crippen molar-refractivity contribution in [1.82, 2.24) is 5.32 Å². The van der Waals surface area contributed by atoms with Gasteiger partial charge in [0.05, 0.1) is 6.54 Å². The van der Waals surface area contributed by atoms with Gasteiger partial charge >= 0.3 is 0 Å². The second kappa shape index (κ2) is 8.19. The van der Waals surface area contributed by atoms with Crippen LogP contribution in [0.4, 0.5) is 5.69 Å². The van der Waals surface area contributed by atoms with Gasteiger partial charge in [-0.2, -0.15) is 0 Å². The standard InChI is InChI=1S/C15H22N2O2/c1-4-9-19-14-8-6-7-13(10-14)16-11-15(18)17-12(3)5-2/h4,6-8,10,12,16H,1,5,9,11H2,2-3H3,(H,17,18). The molecular formula is C15H22N2O2. The number of ether oxygens (including phenoxy) is 1. The van der Waals surface area contributed by atoms with Crippen LogP contribution in [0.15, 0.2) is 36.9 Å². The quantitative estimate of drug-likeness (QED) is 0.708. The molecule has 0 radical (unpaired) electrons. The highest BCUT2D eigenvalue weighted by Gasteiger charge is 2.05. The number of rotatable bonds is 8.